The fourth-order valence-electron chi connectivity index (χ4n) is 1.77. The average molecular weight is 343 g/mol. The van der Waals surface area contributed by atoms with Crippen LogP contribution in [0.2, 0.25) is 0 Å². The molecule has 0 N–H and O–H groups in total. The Morgan fingerprint density at radius 2 is 1.89 bits per heavy atom. The van der Waals surface area contributed by atoms with Crippen molar-refractivity contribution in [3.05, 3.63) is 34.2 Å². The van der Waals surface area contributed by atoms with Gasteiger partial charge in [0.15, 0.2) is 0 Å². The summed E-state index contributed by atoms with van der Waals surface area (Å²) in [5, 5.41) is 1.39. The van der Waals surface area contributed by atoms with Gasteiger partial charge >= 0.3 is 11.9 Å². The Balaban J connectivity index is 2.74. The molecule has 0 aliphatic carbocycles. The van der Waals surface area contributed by atoms with Gasteiger partial charge < -0.3 is 9.47 Å². The molecule has 100 valence electrons. The lowest BCUT2D eigenvalue weighted by Gasteiger charge is -2.02. The normalized spacial score (nSPS) is 10.5. The van der Waals surface area contributed by atoms with Crippen LogP contribution in [0.4, 0.5) is 0 Å². The number of ether oxygens (including phenoxy) is 2. The van der Waals surface area contributed by atoms with Crippen molar-refractivity contribution in [2.45, 2.75) is 5.33 Å². The maximum atomic E-state index is 11.9. The van der Waals surface area contributed by atoms with Crippen molar-refractivity contribution < 1.29 is 19.1 Å². The van der Waals surface area contributed by atoms with E-state index in [-0.39, 0.29) is 10.4 Å². The molecule has 0 bridgehead atoms. The van der Waals surface area contributed by atoms with Crippen LogP contribution in [-0.2, 0) is 14.8 Å². The Morgan fingerprint density at radius 1 is 1.21 bits per heavy atom. The first kappa shape index (κ1) is 14.0. The zero-order chi connectivity index (χ0) is 14.0. The maximum absolute atomic E-state index is 11.9. The topological polar surface area (TPSA) is 52.6 Å². The molecule has 0 atom stereocenters. The van der Waals surface area contributed by atoms with Crippen molar-refractivity contribution in [3.63, 3.8) is 0 Å². The van der Waals surface area contributed by atoms with Crippen LogP contribution in [0.25, 0.3) is 10.1 Å². The molecule has 0 unspecified atom stereocenters. The van der Waals surface area contributed by atoms with E-state index in [9.17, 15) is 9.59 Å². The van der Waals surface area contributed by atoms with Crippen LogP contribution in [0.1, 0.15) is 25.6 Å². The highest BCUT2D eigenvalue weighted by molar-refractivity contribution is 9.08. The highest BCUT2D eigenvalue weighted by Crippen LogP contribution is 2.33. The SMILES string of the molecule is COC(=O)c1sc2ccc(CBr)cc2c1C(=O)OC. The predicted molar refractivity (Wildman–Crippen MR) is 77.1 cm³/mol. The Morgan fingerprint density at radius 3 is 2.47 bits per heavy atom. The molecule has 0 spiro atoms. The summed E-state index contributed by atoms with van der Waals surface area (Å²) >= 11 is 4.60. The van der Waals surface area contributed by atoms with Crippen LogP contribution in [0.5, 0.6) is 0 Å². The summed E-state index contributed by atoms with van der Waals surface area (Å²) in [6.45, 7) is 0. The van der Waals surface area contributed by atoms with Gasteiger partial charge in [-0.2, -0.15) is 0 Å². The molecule has 4 nitrogen and oxygen atoms in total. The Hall–Kier alpha value is -1.40. The molecule has 0 amide bonds. The second-order valence-corrected chi connectivity index (χ2v) is 5.37. The summed E-state index contributed by atoms with van der Waals surface area (Å²) < 4.78 is 10.3. The molecular weight excluding hydrogens is 332 g/mol. The van der Waals surface area contributed by atoms with Crippen LogP contribution in [0.15, 0.2) is 18.2 Å². The lowest BCUT2D eigenvalue weighted by Crippen LogP contribution is -2.08. The summed E-state index contributed by atoms with van der Waals surface area (Å²) in [7, 11) is 2.58. The van der Waals surface area contributed by atoms with E-state index in [0.29, 0.717) is 10.7 Å². The fraction of sp³-hybridized carbons (Fsp3) is 0.231. The number of carbonyl (C=O) groups excluding carboxylic acids is 2. The van der Waals surface area contributed by atoms with Gasteiger partial charge in [0.05, 0.1) is 19.8 Å². The number of rotatable bonds is 3. The molecule has 2 aromatic rings. The van der Waals surface area contributed by atoms with Crippen LogP contribution in [0, 0.1) is 0 Å². The van der Waals surface area contributed by atoms with E-state index in [2.05, 4.69) is 15.9 Å². The number of thiophene rings is 1. The minimum atomic E-state index is -0.529. The second-order valence-electron chi connectivity index (χ2n) is 3.75. The van der Waals surface area contributed by atoms with E-state index in [1.165, 1.54) is 25.6 Å². The van der Waals surface area contributed by atoms with Gasteiger partial charge in [-0.1, -0.05) is 22.0 Å². The third-order valence-electron chi connectivity index (χ3n) is 2.67. The van der Waals surface area contributed by atoms with Gasteiger partial charge in [0.1, 0.15) is 4.88 Å². The minimum absolute atomic E-state index is 0.274. The van der Waals surface area contributed by atoms with Gasteiger partial charge in [-0.05, 0) is 17.7 Å². The van der Waals surface area contributed by atoms with Crippen molar-refractivity contribution in [3.8, 4) is 0 Å². The summed E-state index contributed by atoms with van der Waals surface area (Å²) in [6, 6.07) is 5.70. The summed E-state index contributed by atoms with van der Waals surface area (Å²) in [5.74, 6) is -1.06. The number of hydrogen-bond acceptors (Lipinski definition) is 5. The summed E-state index contributed by atoms with van der Waals surface area (Å²) in [4.78, 5) is 23.9. The Kier molecular flexibility index (Phi) is 4.21. The Bertz CT molecular complexity index is 647. The smallest absolute Gasteiger partial charge is 0.348 e. The van der Waals surface area contributed by atoms with E-state index < -0.39 is 11.9 Å². The standard InChI is InChI=1S/C13H11BrO4S/c1-17-12(15)10-8-5-7(6-14)3-4-9(8)19-11(10)13(16)18-2/h3-5H,6H2,1-2H3. The average Bonchev–Trinajstić information content (AvgIpc) is 2.83. The second kappa shape index (κ2) is 5.71. The maximum Gasteiger partial charge on any atom is 0.348 e. The quantitative estimate of drug-likeness (QED) is 0.633. The zero-order valence-electron chi connectivity index (χ0n) is 10.4. The van der Waals surface area contributed by atoms with Crippen molar-refractivity contribution in [2.24, 2.45) is 0 Å². The molecule has 1 aromatic carbocycles. The van der Waals surface area contributed by atoms with E-state index >= 15 is 0 Å². The molecule has 2 rings (SSSR count). The number of benzene rings is 1. The van der Waals surface area contributed by atoms with Crippen LogP contribution >= 0.6 is 27.3 Å². The highest BCUT2D eigenvalue weighted by atomic mass is 79.9. The van der Waals surface area contributed by atoms with Crippen molar-refractivity contribution in [2.75, 3.05) is 14.2 Å². The molecule has 0 saturated carbocycles. The summed E-state index contributed by atoms with van der Waals surface area (Å²) in [5.41, 5.74) is 1.30. The third-order valence-corrected chi connectivity index (χ3v) is 4.47. The van der Waals surface area contributed by atoms with Gasteiger partial charge in [0.25, 0.3) is 0 Å². The first-order chi connectivity index (χ1) is 9.12. The van der Waals surface area contributed by atoms with Gasteiger partial charge in [-0.25, -0.2) is 9.59 Å². The van der Waals surface area contributed by atoms with Gasteiger partial charge in [-0.3, -0.25) is 0 Å². The molecule has 0 saturated heterocycles. The molecular formula is C13H11BrO4S. The molecule has 0 fully saturated rings. The molecule has 0 radical (unpaired) electrons. The van der Waals surface area contributed by atoms with Crippen LogP contribution in [-0.4, -0.2) is 26.2 Å². The monoisotopic (exact) mass is 342 g/mol. The van der Waals surface area contributed by atoms with E-state index in [1.54, 1.807) is 0 Å². The van der Waals surface area contributed by atoms with Crippen molar-refractivity contribution in [1.29, 1.82) is 0 Å². The third kappa shape index (κ3) is 2.50. The summed E-state index contributed by atoms with van der Waals surface area (Å²) in [6.07, 6.45) is 0. The fourth-order valence-corrected chi connectivity index (χ4v) is 3.21. The van der Waals surface area contributed by atoms with Gasteiger partial charge in [-0.15, -0.1) is 11.3 Å². The predicted octanol–water partition coefficient (Wildman–Crippen LogP) is 3.37. The first-order valence-corrected chi connectivity index (χ1v) is 7.34. The number of fused-ring (bicyclic) bond motifs is 1. The van der Waals surface area contributed by atoms with Crippen molar-refractivity contribution >= 4 is 49.3 Å². The zero-order valence-corrected chi connectivity index (χ0v) is 12.8. The van der Waals surface area contributed by atoms with Gasteiger partial charge in [0, 0.05) is 15.4 Å². The molecule has 6 heteroatoms. The van der Waals surface area contributed by atoms with Crippen LogP contribution < -0.4 is 0 Å². The molecule has 0 aliphatic heterocycles. The lowest BCUT2D eigenvalue weighted by atomic mass is 10.1. The molecule has 1 heterocycles. The largest absolute Gasteiger partial charge is 0.465 e. The van der Waals surface area contributed by atoms with E-state index in [4.69, 9.17) is 9.47 Å². The van der Waals surface area contributed by atoms with Crippen molar-refractivity contribution in [1.82, 2.24) is 0 Å². The number of hydrogen-bond donors (Lipinski definition) is 0. The van der Waals surface area contributed by atoms with E-state index in [0.717, 1.165) is 10.3 Å². The number of methoxy groups -OCH3 is 2. The molecule has 1 aromatic heterocycles. The number of halogens is 1. The lowest BCUT2D eigenvalue weighted by molar-refractivity contribution is 0.0561. The molecule has 19 heavy (non-hydrogen) atoms. The van der Waals surface area contributed by atoms with Gasteiger partial charge in [0.2, 0.25) is 0 Å². The number of esters is 2. The van der Waals surface area contributed by atoms with Crippen LogP contribution in [0.3, 0.4) is 0 Å². The minimum Gasteiger partial charge on any atom is -0.465 e. The van der Waals surface area contributed by atoms with E-state index in [1.807, 2.05) is 18.2 Å². The number of alkyl halides is 1. The first-order valence-electron chi connectivity index (χ1n) is 5.40. The molecule has 0 aliphatic rings. The number of carbonyl (C=O) groups is 2. The Labute approximate surface area is 122 Å². The highest BCUT2D eigenvalue weighted by Gasteiger charge is 2.24.